The summed E-state index contributed by atoms with van der Waals surface area (Å²) in [6, 6.07) is 8.47. The summed E-state index contributed by atoms with van der Waals surface area (Å²) in [5.41, 5.74) is 0. The fraction of sp³-hybridized carbons (Fsp3) is 0.333. The molecule has 114 valence electrons. The summed E-state index contributed by atoms with van der Waals surface area (Å²) in [6.07, 6.45) is 0. The van der Waals surface area contributed by atoms with Crippen molar-refractivity contribution in [1.29, 1.82) is 0 Å². The molecule has 0 aliphatic carbocycles. The van der Waals surface area contributed by atoms with Crippen LogP contribution in [-0.2, 0) is 10.1 Å². The Morgan fingerprint density at radius 3 is 2.76 bits per heavy atom. The Hall–Kier alpha value is -1.32. The maximum absolute atomic E-state index is 11.8. The molecular weight excluding hydrogens is 330 g/mol. The van der Waals surface area contributed by atoms with Crippen LogP contribution in [0.15, 0.2) is 34.7 Å². The van der Waals surface area contributed by atoms with E-state index in [2.05, 4.69) is 15.5 Å². The van der Waals surface area contributed by atoms with Crippen molar-refractivity contribution in [2.24, 2.45) is 0 Å². The van der Waals surface area contributed by atoms with E-state index >= 15 is 0 Å². The van der Waals surface area contributed by atoms with E-state index in [0.29, 0.717) is 11.5 Å². The molecule has 0 aliphatic rings. The zero-order valence-electron chi connectivity index (χ0n) is 11.4. The van der Waals surface area contributed by atoms with E-state index in [9.17, 15) is 8.42 Å². The third kappa shape index (κ3) is 5.52. The Balaban J connectivity index is 1.81. The molecule has 0 atom stereocenters. The maximum atomic E-state index is 11.8. The van der Waals surface area contributed by atoms with Gasteiger partial charge in [0.2, 0.25) is 5.13 Å². The number of benzene rings is 1. The molecule has 1 N–H and O–H groups in total. The van der Waals surface area contributed by atoms with Gasteiger partial charge in [-0.15, -0.1) is 10.2 Å². The second kappa shape index (κ2) is 7.62. The van der Waals surface area contributed by atoms with Crippen LogP contribution in [0.1, 0.15) is 6.92 Å². The average Bonchev–Trinajstić information content (AvgIpc) is 2.87. The van der Waals surface area contributed by atoms with Crippen LogP contribution >= 0.6 is 23.1 Å². The second-order valence-corrected chi connectivity index (χ2v) is 7.92. The number of para-hydroxylation sites is 1. The summed E-state index contributed by atoms with van der Waals surface area (Å²) in [5.74, 6) is 0.617. The molecule has 0 aliphatic heterocycles. The smallest absolute Gasteiger partial charge is 0.310 e. The molecule has 6 nitrogen and oxygen atoms in total. The maximum Gasteiger partial charge on any atom is 0.310 e. The van der Waals surface area contributed by atoms with E-state index in [1.165, 1.54) is 23.1 Å². The predicted molar refractivity (Wildman–Crippen MR) is 85.7 cm³/mol. The van der Waals surface area contributed by atoms with Crippen LogP contribution in [0.3, 0.4) is 0 Å². The Morgan fingerprint density at radius 1 is 1.29 bits per heavy atom. The number of hydrogen-bond acceptors (Lipinski definition) is 8. The molecular formula is C12H15N3O3S3. The summed E-state index contributed by atoms with van der Waals surface area (Å²) in [4.78, 5) is 0. The average molecular weight is 345 g/mol. The van der Waals surface area contributed by atoms with Crippen LogP contribution in [0.4, 0.5) is 5.13 Å². The van der Waals surface area contributed by atoms with Crippen molar-refractivity contribution < 1.29 is 12.6 Å². The highest BCUT2D eigenvalue weighted by Gasteiger charge is 2.14. The highest BCUT2D eigenvalue weighted by Crippen LogP contribution is 2.25. The second-order valence-electron chi connectivity index (χ2n) is 3.91. The first-order valence-corrected chi connectivity index (χ1v) is 9.64. The summed E-state index contributed by atoms with van der Waals surface area (Å²) >= 11 is 2.76. The minimum Gasteiger partial charge on any atom is -0.382 e. The van der Waals surface area contributed by atoms with E-state index in [1.807, 2.05) is 6.92 Å². The zero-order chi connectivity index (χ0) is 15.1. The quantitative estimate of drug-likeness (QED) is 0.581. The van der Waals surface area contributed by atoms with Crippen LogP contribution in [0.5, 0.6) is 5.75 Å². The Labute approximate surface area is 132 Å². The van der Waals surface area contributed by atoms with Crippen LogP contribution in [-0.4, -0.2) is 36.7 Å². The van der Waals surface area contributed by atoms with Gasteiger partial charge in [-0.2, -0.15) is 8.42 Å². The van der Waals surface area contributed by atoms with Gasteiger partial charge in [0.1, 0.15) is 5.75 Å². The lowest BCUT2D eigenvalue weighted by Crippen LogP contribution is -2.15. The number of aromatic nitrogens is 2. The molecule has 1 aromatic heterocycles. The number of anilines is 1. The molecule has 2 aromatic rings. The molecule has 9 heteroatoms. The van der Waals surface area contributed by atoms with Gasteiger partial charge in [0.25, 0.3) is 0 Å². The summed E-state index contributed by atoms with van der Waals surface area (Å²) in [6.45, 7) is 2.75. The van der Waals surface area contributed by atoms with E-state index in [1.54, 1.807) is 30.3 Å². The van der Waals surface area contributed by atoms with Crippen molar-refractivity contribution in [3.63, 3.8) is 0 Å². The normalized spacial score (nSPS) is 11.3. The van der Waals surface area contributed by atoms with Gasteiger partial charge in [-0.3, -0.25) is 0 Å². The molecule has 1 aromatic carbocycles. The molecule has 21 heavy (non-hydrogen) atoms. The fourth-order valence-electron chi connectivity index (χ4n) is 1.39. The number of rotatable bonds is 8. The first kappa shape index (κ1) is 16.1. The Morgan fingerprint density at radius 2 is 2.05 bits per heavy atom. The van der Waals surface area contributed by atoms with Gasteiger partial charge in [0, 0.05) is 12.3 Å². The lowest BCUT2D eigenvalue weighted by molar-refractivity contribution is 0.488. The monoisotopic (exact) mass is 345 g/mol. The van der Waals surface area contributed by atoms with Crippen molar-refractivity contribution in [2.45, 2.75) is 11.3 Å². The largest absolute Gasteiger partial charge is 0.382 e. The minimum absolute atomic E-state index is 0.0807. The molecule has 0 amide bonds. The highest BCUT2D eigenvalue weighted by molar-refractivity contribution is 8.01. The summed E-state index contributed by atoms with van der Waals surface area (Å²) in [5, 5.41) is 11.7. The fourth-order valence-corrected chi connectivity index (χ4v) is 4.56. The third-order valence-corrected chi connectivity index (χ3v) is 5.68. The number of nitrogens with one attached hydrogen (secondary N) is 1. The Kier molecular flexibility index (Phi) is 5.83. The molecule has 0 spiro atoms. The first-order valence-electron chi connectivity index (χ1n) is 6.26. The number of hydrogen-bond donors (Lipinski definition) is 1. The van der Waals surface area contributed by atoms with E-state index in [4.69, 9.17) is 4.18 Å². The minimum atomic E-state index is -3.59. The Bertz CT molecular complexity index is 659. The lowest BCUT2D eigenvalue weighted by Gasteiger charge is -2.05. The molecule has 0 saturated carbocycles. The van der Waals surface area contributed by atoms with Gasteiger partial charge in [-0.1, -0.05) is 41.3 Å². The van der Waals surface area contributed by atoms with Gasteiger partial charge in [0.15, 0.2) is 4.34 Å². The van der Waals surface area contributed by atoms with Crippen molar-refractivity contribution >= 4 is 38.3 Å². The SMILES string of the molecule is CCNc1nnc(SCCS(=O)(=O)Oc2ccccc2)s1. The van der Waals surface area contributed by atoms with Gasteiger partial charge in [0.05, 0.1) is 5.75 Å². The van der Waals surface area contributed by atoms with Crippen molar-refractivity contribution in [3.05, 3.63) is 30.3 Å². The van der Waals surface area contributed by atoms with Crippen LogP contribution in [0.2, 0.25) is 0 Å². The summed E-state index contributed by atoms with van der Waals surface area (Å²) < 4.78 is 29.4. The van der Waals surface area contributed by atoms with E-state index in [-0.39, 0.29) is 5.75 Å². The topological polar surface area (TPSA) is 81.2 Å². The molecule has 0 radical (unpaired) electrons. The standard InChI is InChI=1S/C12H15N3O3S3/c1-2-13-11-14-15-12(20-11)19-8-9-21(16,17)18-10-6-4-3-5-7-10/h3-7H,2,8-9H2,1H3,(H,13,14). The lowest BCUT2D eigenvalue weighted by atomic mass is 10.3. The van der Waals surface area contributed by atoms with Crippen LogP contribution in [0, 0.1) is 0 Å². The van der Waals surface area contributed by atoms with Gasteiger partial charge in [-0.25, -0.2) is 0 Å². The predicted octanol–water partition coefficient (Wildman–Crippen LogP) is 2.47. The van der Waals surface area contributed by atoms with E-state index in [0.717, 1.165) is 16.0 Å². The van der Waals surface area contributed by atoms with Crippen molar-refractivity contribution in [1.82, 2.24) is 10.2 Å². The molecule has 1 heterocycles. The van der Waals surface area contributed by atoms with Gasteiger partial charge in [-0.05, 0) is 19.1 Å². The number of thioether (sulfide) groups is 1. The molecule has 0 fully saturated rings. The van der Waals surface area contributed by atoms with Crippen LogP contribution < -0.4 is 9.50 Å². The molecule has 0 bridgehead atoms. The van der Waals surface area contributed by atoms with Crippen molar-refractivity contribution in [3.8, 4) is 5.75 Å². The highest BCUT2D eigenvalue weighted by atomic mass is 32.2. The zero-order valence-corrected chi connectivity index (χ0v) is 13.8. The van der Waals surface area contributed by atoms with Gasteiger partial charge < -0.3 is 9.50 Å². The summed E-state index contributed by atoms with van der Waals surface area (Å²) in [7, 11) is -3.59. The van der Waals surface area contributed by atoms with Crippen LogP contribution in [0.25, 0.3) is 0 Å². The molecule has 0 saturated heterocycles. The number of nitrogens with zero attached hydrogens (tertiary/aromatic N) is 2. The first-order chi connectivity index (χ1) is 10.1. The van der Waals surface area contributed by atoms with Crippen molar-refractivity contribution in [2.75, 3.05) is 23.4 Å². The van der Waals surface area contributed by atoms with Gasteiger partial charge >= 0.3 is 10.1 Å². The molecule has 0 unspecified atom stereocenters. The van der Waals surface area contributed by atoms with E-state index < -0.39 is 10.1 Å². The molecule has 2 rings (SSSR count). The third-order valence-electron chi connectivity index (χ3n) is 2.26.